The molecule has 1 aliphatic rings. The van der Waals surface area contributed by atoms with Crippen molar-refractivity contribution < 1.29 is 27.8 Å². The van der Waals surface area contributed by atoms with Crippen molar-refractivity contribution in [3.8, 4) is 0 Å². The van der Waals surface area contributed by atoms with Gasteiger partial charge in [0, 0.05) is 25.7 Å². The number of ether oxygens (including phenoxy) is 1. The van der Waals surface area contributed by atoms with E-state index >= 15 is 0 Å². The summed E-state index contributed by atoms with van der Waals surface area (Å²) in [7, 11) is 0. The van der Waals surface area contributed by atoms with Gasteiger partial charge in [-0.2, -0.15) is 13.2 Å². The molecule has 1 saturated heterocycles. The molecule has 1 amide bonds. The third kappa shape index (κ3) is 6.95. The van der Waals surface area contributed by atoms with Gasteiger partial charge in [-0.25, -0.2) is 4.79 Å². The minimum Gasteiger partial charge on any atom is -0.444 e. The highest BCUT2D eigenvalue weighted by atomic mass is 19.4. The van der Waals surface area contributed by atoms with Crippen molar-refractivity contribution in [3.63, 3.8) is 0 Å². The standard InChI is InChI=1S/C15H27F3N2O3/c1-10(19-8-12(21)15(16,17)18)11-6-5-7-20(9-11)13(22)23-14(2,3)4/h10-12,19,21H,5-9H2,1-4H3/t10-,11+,12-/m0/s1. The number of rotatable bonds is 4. The molecule has 0 aromatic rings. The van der Waals surface area contributed by atoms with Crippen molar-refractivity contribution in [2.24, 2.45) is 5.92 Å². The topological polar surface area (TPSA) is 61.8 Å². The molecule has 0 saturated carbocycles. The van der Waals surface area contributed by atoms with Gasteiger partial charge in [-0.15, -0.1) is 0 Å². The predicted octanol–water partition coefficient (Wildman–Crippen LogP) is 2.53. The minimum atomic E-state index is -4.62. The quantitative estimate of drug-likeness (QED) is 0.826. The van der Waals surface area contributed by atoms with Gasteiger partial charge in [0.15, 0.2) is 6.10 Å². The Bertz CT molecular complexity index is 396. The smallest absolute Gasteiger partial charge is 0.415 e. The second-order valence-corrected chi connectivity index (χ2v) is 7.08. The summed E-state index contributed by atoms with van der Waals surface area (Å²) in [5, 5.41) is 11.7. The average molecular weight is 340 g/mol. The van der Waals surface area contributed by atoms with E-state index < -0.39 is 30.5 Å². The van der Waals surface area contributed by atoms with Crippen LogP contribution in [-0.2, 0) is 4.74 Å². The lowest BCUT2D eigenvalue weighted by atomic mass is 9.91. The Morgan fingerprint density at radius 1 is 1.39 bits per heavy atom. The number of nitrogens with one attached hydrogen (secondary N) is 1. The molecular formula is C15H27F3N2O3. The van der Waals surface area contributed by atoms with Gasteiger partial charge in [-0.3, -0.25) is 0 Å². The molecule has 23 heavy (non-hydrogen) atoms. The molecule has 1 aliphatic heterocycles. The number of aliphatic hydroxyl groups excluding tert-OH is 1. The van der Waals surface area contributed by atoms with Crippen LogP contribution in [0.25, 0.3) is 0 Å². The number of carbonyl (C=O) groups is 1. The van der Waals surface area contributed by atoms with Gasteiger partial charge < -0.3 is 20.1 Å². The number of alkyl halides is 3. The highest BCUT2D eigenvalue weighted by Crippen LogP contribution is 2.23. The molecule has 5 nitrogen and oxygen atoms in total. The maximum absolute atomic E-state index is 12.3. The summed E-state index contributed by atoms with van der Waals surface area (Å²) < 4.78 is 42.2. The Morgan fingerprint density at radius 2 is 2.00 bits per heavy atom. The molecule has 1 rings (SSSR count). The van der Waals surface area contributed by atoms with Gasteiger partial charge in [-0.1, -0.05) is 0 Å². The van der Waals surface area contributed by atoms with Crippen LogP contribution >= 0.6 is 0 Å². The number of hydrogen-bond acceptors (Lipinski definition) is 4. The summed E-state index contributed by atoms with van der Waals surface area (Å²) >= 11 is 0. The zero-order valence-corrected chi connectivity index (χ0v) is 14.1. The highest BCUT2D eigenvalue weighted by molar-refractivity contribution is 5.68. The van der Waals surface area contributed by atoms with E-state index in [1.807, 2.05) is 0 Å². The van der Waals surface area contributed by atoms with Crippen LogP contribution in [0.1, 0.15) is 40.5 Å². The molecule has 8 heteroatoms. The van der Waals surface area contributed by atoms with Crippen LogP contribution in [0.2, 0.25) is 0 Å². The van der Waals surface area contributed by atoms with E-state index in [1.165, 1.54) is 0 Å². The molecule has 2 N–H and O–H groups in total. The van der Waals surface area contributed by atoms with Crippen molar-refractivity contribution in [2.45, 2.75) is 64.5 Å². The van der Waals surface area contributed by atoms with Crippen molar-refractivity contribution >= 4 is 6.09 Å². The number of halogens is 3. The van der Waals surface area contributed by atoms with E-state index in [0.717, 1.165) is 12.8 Å². The molecule has 0 aromatic carbocycles. The lowest BCUT2D eigenvalue weighted by Gasteiger charge is -2.37. The Kier molecular flexibility index (Phi) is 6.70. The molecule has 3 atom stereocenters. The zero-order chi connectivity index (χ0) is 17.8. The van der Waals surface area contributed by atoms with E-state index in [9.17, 15) is 18.0 Å². The van der Waals surface area contributed by atoms with Crippen LogP contribution in [-0.4, -0.2) is 59.7 Å². The second kappa shape index (κ2) is 7.70. The lowest BCUT2D eigenvalue weighted by molar-refractivity contribution is -0.202. The number of aliphatic hydroxyl groups is 1. The average Bonchev–Trinajstić information content (AvgIpc) is 2.41. The normalized spacial score (nSPS) is 22.6. The molecule has 0 spiro atoms. The third-order valence-corrected chi connectivity index (χ3v) is 3.83. The summed E-state index contributed by atoms with van der Waals surface area (Å²) in [6.07, 6.45) is -5.81. The Balaban J connectivity index is 2.49. The fraction of sp³-hybridized carbons (Fsp3) is 0.933. The molecular weight excluding hydrogens is 313 g/mol. The SMILES string of the molecule is C[C@H](NC[C@H](O)C(F)(F)F)[C@@H]1CCCN(C(=O)OC(C)(C)C)C1. The maximum Gasteiger partial charge on any atom is 0.415 e. The Morgan fingerprint density at radius 3 is 2.52 bits per heavy atom. The van der Waals surface area contributed by atoms with E-state index in [-0.39, 0.29) is 12.0 Å². The number of likely N-dealkylation sites (tertiary alicyclic amines) is 1. The molecule has 1 heterocycles. The first-order chi connectivity index (χ1) is 10.4. The first-order valence-electron chi connectivity index (χ1n) is 7.86. The van der Waals surface area contributed by atoms with Gasteiger partial charge in [0.25, 0.3) is 0 Å². The third-order valence-electron chi connectivity index (χ3n) is 3.83. The van der Waals surface area contributed by atoms with Crippen LogP contribution in [0.15, 0.2) is 0 Å². The fourth-order valence-corrected chi connectivity index (χ4v) is 2.49. The van der Waals surface area contributed by atoms with E-state index in [4.69, 9.17) is 9.84 Å². The predicted molar refractivity (Wildman–Crippen MR) is 80.1 cm³/mol. The summed E-state index contributed by atoms with van der Waals surface area (Å²) in [6, 6.07) is -0.239. The van der Waals surface area contributed by atoms with Crippen molar-refractivity contribution in [3.05, 3.63) is 0 Å². The van der Waals surface area contributed by atoms with Crippen LogP contribution < -0.4 is 5.32 Å². The second-order valence-electron chi connectivity index (χ2n) is 7.08. The molecule has 0 aliphatic carbocycles. The summed E-state index contributed by atoms with van der Waals surface area (Å²) in [4.78, 5) is 13.7. The number of nitrogens with zero attached hydrogens (tertiary/aromatic N) is 1. The first-order valence-corrected chi connectivity index (χ1v) is 7.86. The molecule has 1 fully saturated rings. The van der Waals surface area contributed by atoms with Crippen LogP contribution in [0.5, 0.6) is 0 Å². The lowest BCUT2D eigenvalue weighted by Crippen LogP contribution is -2.50. The molecule has 136 valence electrons. The summed E-state index contributed by atoms with van der Waals surface area (Å²) in [5.74, 6) is 0.0247. The molecule has 0 radical (unpaired) electrons. The van der Waals surface area contributed by atoms with Crippen LogP contribution in [0.3, 0.4) is 0 Å². The van der Waals surface area contributed by atoms with Gasteiger partial charge >= 0.3 is 12.3 Å². The van der Waals surface area contributed by atoms with Gasteiger partial charge in [0.05, 0.1) is 0 Å². The van der Waals surface area contributed by atoms with Crippen molar-refractivity contribution in [2.75, 3.05) is 19.6 Å². The minimum absolute atomic E-state index is 0.0247. The fourth-order valence-electron chi connectivity index (χ4n) is 2.49. The monoisotopic (exact) mass is 340 g/mol. The Hall–Kier alpha value is -1.02. The first kappa shape index (κ1) is 20.0. The van der Waals surface area contributed by atoms with Crippen molar-refractivity contribution in [1.29, 1.82) is 0 Å². The summed E-state index contributed by atoms with van der Waals surface area (Å²) in [6.45, 7) is 7.60. The highest BCUT2D eigenvalue weighted by Gasteiger charge is 2.38. The molecule has 0 aromatic heterocycles. The van der Waals surface area contributed by atoms with Gasteiger partial charge in [0.2, 0.25) is 0 Å². The molecule has 0 bridgehead atoms. The van der Waals surface area contributed by atoms with E-state index in [1.54, 1.807) is 32.6 Å². The van der Waals surface area contributed by atoms with Crippen LogP contribution in [0.4, 0.5) is 18.0 Å². The zero-order valence-electron chi connectivity index (χ0n) is 14.1. The van der Waals surface area contributed by atoms with E-state index in [0.29, 0.717) is 13.1 Å². The van der Waals surface area contributed by atoms with Gasteiger partial charge in [-0.05, 0) is 46.5 Å². The largest absolute Gasteiger partial charge is 0.444 e. The summed E-state index contributed by atoms with van der Waals surface area (Å²) in [5.41, 5.74) is -0.579. The number of carbonyl (C=O) groups excluding carboxylic acids is 1. The van der Waals surface area contributed by atoms with Gasteiger partial charge in [0.1, 0.15) is 5.60 Å². The maximum atomic E-state index is 12.3. The number of piperidine rings is 1. The van der Waals surface area contributed by atoms with E-state index in [2.05, 4.69) is 5.32 Å². The molecule has 0 unspecified atom stereocenters. The Labute approximate surface area is 135 Å². The number of amides is 1. The van der Waals surface area contributed by atoms with Crippen LogP contribution in [0, 0.1) is 5.92 Å². The van der Waals surface area contributed by atoms with Crippen molar-refractivity contribution in [1.82, 2.24) is 10.2 Å². The number of hydrogen-bond donors (Lipinski definition) is 2.